The summed E-state index contributed by atoms with van der Waals surface area (Å²) in [6.45, 7) is 0.826. The summed E-state index contributed by atoms with van der Waals surface area (Å²) in [6, 6.07) is 12.5. The van der Waals surface area contributed by atoms with Gasteiger partial charge in [0.1, 0.15) is 0 Å². The lowest BCUT2D eigenvalue weighted by Gasteiger charge is -2.01. The number of anilines is 1. The molecule has 0 aliphatic rings. The second-order valence-electron chi connectivity index (χ2n) is 4.29. The standard InChI is InChI=1S/C15H14N2S2.ClH/c1-2-4-12(5-3-1)9-16-15-17-14(11-19-15)8-13-6-7-18-10-13;/h1-7,10-11H,8-9H2,(H,16,17);1H. The molecule has 2 nitrogen and oxygen atoms in total. The monoisotopic (exact) mass is 322 g/mol. The zero-order valence-electron chi connectivity index (χ0n) is 10.8. The largest absolute Gasteiger partial charge is 0.357 e. The van der Waals surface area contributed by atoms with E-state index in [0.29, 0.717) is 0 Å². The maximum atomic E-state index is 4.61. The molecule has 0 amide bonds. The van der Waals surface area contributed by atoms with Crippen LogP contribution in [0.15, 0.2) is 52.5 Å². The van der Waals surface area contributed by atoms with Crippen LogP contribution in [-0.2, 0) is 13.0 Å². The first kappa shape index (κ1) is 15.0. The maximum absolute atomic E-state index is 4.61. The van der Waals surface area contributed by atoms with Gasteiger partial charge < -0.3 is 5.32 Å². The highest BCUT2D eigenvalue weighted by atomic mass is 35.5. The lowest BCUT2D eigenvalue weighted by Crippen LogP contribution is -1.98. The van der Waals surface area contributed by atoms with Crippen LogP contribution in [0.25, 0.3) is 0 Å². The Hall–Kier alpha value is -1.36. The van der Waals surface area contributed by atoms with Crippen molar-refractivity contribution in [1.82, 2.24) is 4.98 Å². The normalized spacial score (nSPS) is 10.0. The fourth-order valence-corrected chi connectivity index (χ4v) is 3.22. The van der Waals surface area contributed by atoms with Crippen molar-refractivity contribution in [2.75, 3.05) is 5.32 Å². The van der Waals surface area contributed by atoms with Gasteiger partial charge in [-0.3, -0.25) is 0 Å². The van der Waals surface area contributed by atoms with Gasteiger partial charge in [0.15, 0.2) is 5.13 Å². The molecule has 0 bridgehead atoms. The third kappa shape index (κ3) is 4.07. The van der Waals surface area contributed by atoms with Crippen molar-refractivity contribution in [3.05, 3.63) is 69.4 Å². The SMILES string of the molecule is Cl.c1ccc(CNc2nc(Cc3ccsc3)cs2)cc1. The number of rotatable bonds is 5. The van der Waals surface area contributed by atoms with Gasteiger partial charge in [0, 0.05) is 18.3 Å². The number of halogens is 1. The highest BCUT2D eigenvalue weighted by Crippen LogP contribution is 2.19. The summed E-state index contributed by atoms with van der Waals surface area (Å²) in [4.78, 5) is 4.61. The molecule has 0 radical (unpaired) electrons. The van der Waals surface area contributed by atoms with E-state index in [-0.39, 0.29) is 12.4 Å². The number of thiophene rings is 1. The van der Waals surface area contributed by atoms with Gasteiger partial charge in [-0.1, -0.05) is 30.3 Å². The number of nitrogens with one attached hydrogen (secondary N) is 1. The van der Waals surface area contributed by atoms with Crippen molar-refractivity contribution < 1.29 is 0 Å². The van der Waals surface area contributed by atoms with Crippen molar-refractivity contribution in [3.8, 4) is 0 Å². The quantitative estimate of drug-likeness (QED) is 0.727. The molecular formula is C15H15ClN2S2. The predicted molar refractivity (Wildman–Crippen MR) is 90.3 cm³/mol. The van der Waals surface area contributed by atoms with Crippen LogP contribution < -0.4 is 5.32 Å². The third-order valence-electron chi connectivity index (χ3n) is 2.80. The van der Waals surface area contributed by atoms with E-state index in [9.17, 15) is 0 Å². The highest BCUT2D eigenvalue weighted by molar-refractivity contribution is 7.13. The molecule has 0 fully saturated rings. The van der Waals surface area contributed by atoms with Crippen LogP contribution >= 0.6 is 35.1 Å². The Kier molecular flexibility index (Phi) is 5.59. The molecule has 0 spiro atoms. The Balaban J connectivity index is 0.00000147. The van der Waals surface area contributed by atoms with E-state index in [1.54, 1.807) is 22.7 Å². The van der Waals surface area contributed by atoms with E-state index >= 15 is 0 Å². The van der Waals surface area contributed by atoms with E-state index in [1.807, 2.05) is 6.07 Å². The number of benzene rings is 1. The van der Waals surface area contributed by atoms with Crippen LogP contribution in [0.2, 0.25) is 0 Å². The minimum absolute atomic E-state index is 0. The molecule has 3 rings (SSSR count). The fraction of sp³-hybridized carbons (Fsp3) is 0.133. The molecule has 20 heavy (non-hydrogen) atoms. The van der Waals surface area contributed by atoms with E-state index in [0.717, 1.165) is 23.8 Å². The van der Waals surface area contributed by atoms with Crippen molar-refractivity contribution in [2.45, 2.75) is 13.0 Å². The van der Waals surface area contributed by atoms with Gasteiger partial charge in [-0.25, -0.2) is 4.98 Å². The fourth-order valence-electron chi connectivity index (χ4n) is 1.85. The van der Waals surface area contributed by atoms with E-state index < -0.39 is 0 Å². The molecule has 0 saturated carbocycles. The van der Waals surface area contributed by atoms with Crippen LogP contribution in [-0.4, -0.2) is 4.98 Å². The molecule has 0 unspecified atom stereocenters. The highest BCUT2D eigenvalue weighted by Gasteiger charge is 2.03. The van der Waals surface area contributed by atoms with Gasteiger partial charge in [-0.15, -0.1) is 23.7 Å². The second-order valence-corrected chi connectivity index (χ2v) is 5.93. The Morgan fingerprint density at radius 1 is 1.00 bits per heavy atom. The zero-order chi connectivity index (χ0) is 12.9. The van der Waals surface area contributed by atoms with E-state index in [1.165, 1.54) is 11.1 Å². The molecule has 5 heteroatoms. The molecule has 104 valence electrons. The number of thiazole rings is 1. The molecule has 0 atom stereocenters. The lowest BCUT2D eigenvalue weighted by atomic mass is 10.2. The topological polar surface area (TPSA) is 24.9 Å². The number of aromatic nitrogens is 1. The van der Waals surface area contributed by atoms with Crippen LogP contribution in [0, 0.1) is 0 Å². The van der Waals surface area contributed by atoms with Crippen molar-refractivity contribution in [1.29, 1.82) is 0 Å². The van der Waals surface area contributed by atoms with Crippen LogP contribution in [0.4, 0.5) is 5.13 Å². The van der Waals surface area contributed by atoms with Gasteiger partial charge in [0.25, 0.3) is 0 Å². The molecule has 2 heterocycles. The number of hydrogen-bond acceptors (Lipinski definition) is 4. The van der Waals surface area contributed by atoms with Gasteiger partial charge in [-0.2, -0.15) is 11.3 Å². The van der Waals surface area contributed by atoms with Crippen molar-refractivity contribution in [2.24, 2.45) is 0 Å². The first-order valence-electron chi connectivity index (χ1n) is 6.13. The summed E-state index contributed by atoms with van der Waals surface area (Å²) in [5, 5.41) is 10.8. The minimum atomic E-state index is 0. The minimum Gasteiger partial charge on any atom is -0.357 e. The van der Waals surface area contributed by atoms with Crippen molar-refractivity contribution >= 4 is 40.2 Å². The number of nitrogens with zero attached hydrogens (tertiary/aromatic N) is 1. The van der Waals surface area contributed by atoms with Gasteiger partial charge >= 0.3 is 0 Å². The van der Waals surface area contributed by atoms with Crippen molar-refractivity contribution in [3.63, 3.8) is 0 Å². The molecule has 3 aromatic rings. The first-order chi connectivity index (χ1) is 9.40. The molecular weight excluding hydrogens is 308 g/mol. The van der Waals surface area contributed by atoms with Gasteiger partial charge in [0.2, 0.25) is 0 Å². The summed E-state index contributed by atoms with van der Waals surface area (Å²) in [6.07, 6.45) is 0.924. The van der Waals surface area contributed by atoms with Crippen LogP contribution in [0.1, 0.15) is 16.8 Å². The van der Waals surface area contributed by atoms with E-state index in [4.69, 9.17) is 0 Å². The lowest BCUT2D eigenvalue weighted by molar-refractivity contribution is 1.08. The molecule has 0 aliphatic carbocycles. The zero-order valence-corrected chi connectivity index (χ0v) is 13.2. The molecule has 0 saturated heterocycles. The molecule has 1 N–H and O–H groups in total. The Bertz CT molecular complexity index is 620. The Morgan fingerprint density at radius 2 is 1.85 bits per heavy atom. The molecule has 0 aliphatic heterocycles. The second kappa shape index (κ2) is 7.43. The van der Waals surface area contributed by atoms with Gasteiger partial charge in [0.05, 0.1) is 5.69 Å². The summed E-state index contributed by atoms with van der Waals surface area (Å²) >= 11 is 3.40. The Morgan fingerprint density at radius 3 is 2.60 bits per heavy atom. The van der Waals surface area contributed by atoms with Crippen LogP contribution in [0.5, 0.6) is 0 Å². The third-order valence-corrected chi connectivity index (χ3v) is 4.38. The summed E-state index contributed by atoms with van der Waals surface area (Å²) in [5.74, 6) is 0. The smallest absolute Gasteiger partial charge is 0.183 e. The number of hydrogen-bond donors (Lipinski definition) is 1. The molecule has 1 aromatic carbocycles. The van der Waals surface area contributed by atoms with Crippen LogP contribution in [0.3, 0.4) is 0 Å². The molecule has 2 aromatic heterocycles. The summed E-state index contributed by atoms with van der Waals surface area (Å²) in [7, 11) is 0. The van der Waals surface area contributed by atoms with E-state index in [2.05, 4.69) is 56.8 Å². The summed E-state index contributed by atoms with van der Waals surface area (Å²) in [5.41, 5.74) is 3.75. The Labute approximate surface area is 132 Å². The van der Waals surface area contributed by atoms with Gasteiger partial charge in [-0.05, 0) is 28.0 Å². The predicted octanol–water partition coefficient (Wildman–Crippen LogP) is 4.83. The average molecular weight is 323 g/mol. The average Bonchev–Trinajstić information content (AvgIpc) is 3.10. The maximum Gasteiger partial charge on any atom is 0.183 e. The first-order valence-corrected chi connectivity index (χ1v) is 7.96. The summed E-state index contributed by atoms with van der Waals surface area (Å²) < 4.78 is 0.